The van der Waals surface area contributed by atoms with Crippen LogP contribution in [0.1, 0.15) is 25.3 Å². The molecule has 1 aliphatic rings. The number of amides is 2. The van der Waals surface area contributed by atoms with Crippen molar-refractivity contribution in [2.75, 3.05) is 18.4 Å². The van der Waals surface area contributed by atoms with Crippen molar-refractivity contribution in [3.05, 3.63) is 28.8 Å². The van der Waals surface area contributed by atoms with Gasteiger partial charge in [-0.15, -0.1) is 0 Å². The van der Waals surface area contributed by atoms with Gasteiger partial charge in [0.05, 0.1) is 23.0 Å². The maximum absolute atomic E-state index is 12.2. The van der Waals surface area contributed by atoms with Crippen LogP contribution in [0, 0.1) is 17.2 Å². The number of hydrogen-bond donors (Lipinski definition) is 2. The summed E-state index contributed by atoms with van der Waals surface area (Å²) in [6, 6.07) is 6.93. The molecule has 1 fully saturated rings. The van der Waals surface area contributed by atoms with E-state index in [1.54, 1.807) is 18.2 Å². The number of primary amides is 1. The maximum Gasteiger partial charge on any atom is 0.238 e. The van der Waals surface area contributed by atoms with E-state index in [1.807, 2.05) is 17.9 Å². The average Bonchev–Trinajstić information content (AvgIpc) is 2.49. The van der Waals surface area contributed by atoms with Crippen molar-refractivity contribution < 1.29 is 9.59 Å². The summed E-state index contributed by atoms with van der Waals surface area (Å²) in [6.07, 6.45) is 1.60. The molecule has 0 spiro atoms. The monoisotopic (exact) mass is 334 g/mol. The molecule has 6 nitrogen and oxygen atoms in total. The van der Waals surface area contributed by atoms with Crippen LogP contribution in [0.25, 0.3) is 0 Å². The normalized spacial score (nSPS) is 21.4. The highest BCUT2D eigenvalue weighted by molar-refractivity contribution is 6.32. The zero-order valence-electron chi connectivity index (χ0n) is 12.9. The van der Waals surface area contributed by atoms with Crippen molar-refractivity contribution in [3.63, 3.8) is 0 Å². The molecule has 2 amide bonds. The number of rotatable bonds is 4. The predicted molar refractivity (Wildman–Crippen MR) is 87.8 cm³/mol. The van der Waals surface area contributed by atoms with E-state index in [-0.39, 0.29) is 30.3 Å². The summed E-state index contributed by atoms with van der Waals surface area (Å²) in [5.74, 6) is -0.715. The molecule has 1 aliphatic heterocycles. The van der Waals surface area contributed by atoms with E-state index >= 15 is 0 Å². The molecule has 0 aliphatic carbocycles. The van der Waals surface area contributed by atoms with Crippen LogP contribution < -0.4 is 11.1 Å². The summed E-state index contributed by atoms with van der Waals surface area (Å²) in [6.45, 7) is 2.71. The number of halogens is 1. The van der Waals surface area contributed by atoms with Crippen molar-refractivity contribution in [2.45, 2.75) is 25.8 Å². The van der Waals surface area contributed by atoms with Gasteiger partial charge in [0.15, 0.2) is 0 Å². The summed E-state index contributed by atoms with van der Waals surface area (Å²) in [4.78, 5) is 25.5. The highest BCUT2D eigenvalue weighted by Gasteiger charge is 2.29. The third kappa shape index (κ3) is 4.44. The Hall–Kier alpha value is -2.10. The quantitative estimate of drug-likeness (QED) is 0.875. The molecule has 0 radical (unpaired) electrons. The molecule has 0 bridgehead atoms. The van der Waals surface area contributed by atoms with Crippen LogP contribution in [0.3, 0.4) is 0 Å². The smallest absolute Gasteiger partial charge is 0.238 e. The molecule has 7 heteroatoms. The van der Waals surface area contributed by atoms with Crippen molar-refractivity contribution in [1.82, 2.24) is 4.90 Å². The number of nitrogens with zero attached hydrogens (tertiary/aromatic N) is 2. The van der Waals surface area contributed by atoms with Crippen LogP contribution in [0.2, 0.25) is 5.02 Å². The van der Waals surface area contributed by atoms with Gasteiger partial charge in [0, 0.05) is 18.3 Å². The summed E-state index contributed by atoms with van der Waals surface area (Å²) >= 11 is 5.95. The minimum atomic E-state index is -0.318. The fourth-order valence-electron chi connectivity index (χ4n) is 2.70. The number of carbonyl (C=O) groups is 2. The molecule has 2 unspecified atom stereocenters. The number of nitriles is 1. The second-order valence-corrected chi connectivity index (χ2v) is 6.22. The van der Waals surface area contributed by atoms with Gasteiger partial charge in [-0.2, -0.15) is 5.26 Å². The molecule has 1 aromatic carbocycles. The van der Waals surface area contributed by atoms with Gasteiger partial charge in [0.25, 0.3) is 0 Å². The Morgan fingerprint density at radius 1 is 1.48 bits per heavy atom. The molecule has 0 aromatic heterocycles. The number of hydrogen-bond acceptors (Lipinski definition) is 4. The number of nitrogens with two attached hydrogens (primary N) is 1. The Kier molecular flexibility index (Phi) is 5.59. The molecular formula is C16H19ClN4O2. The first-order chi connectivity index (χ1) is 10.9. The molecule has 1 heterocycles. The summed E-state index contributed by atoms with van der Waals surface area (Å²) in [5.41, 5.74) is 6.26. The Balaban J connectivity index is 1.97. The number of carbonyl (C=O) groups excluding carboxylic acids is 2. The van der Waals surface area contributed by atoms with Gasteiger partial charge in [0.2, 0.25) is 11.8 Å². The maximum atomic E-state index is 12.2. The number of nitrogens with one attached hydrogen (secondary N) is 1. The Morgan fingerprint density at radius 3 is 2.83 bits per heavy atom. The van der Waals surface area contributed by atoms with Gasteiger partial charge in [-0.05, 0) is 38.0 Å². The second-order valence-electron chi connectivity index (χ2n) is 5.81. The summed E-state index contributed by atoms with van der Waals surface area (Å²) in [7, 11) is 0. The van der Waals surface area contributed by atoms with Crippen molar-refractivity contribution >= 4 is 29.1 Å². The van der Waals surface area contributed by atoms with Gasteiger partial charge in [-0.3, -0.25) is 14.5 Å². The van der Waals surface area contributed by atoms with E-state index in [4.69, 9.17) is 22.6 Å². The van der Waals surface area contributed by atoms with Crippen LogP contribution in [0.5, 0.6) is 0 Å². The topological polar surface area (TPSA) is 99.2 Å². The van der Waals surface area contributed by atoms with Gasteiger partial charge in [-0.1, -0.05) is 11.6 Å². The SMILES string of the molecule is CC1CCC(C(N)=O)CN1CC(=O)Nc1ccc(C#N)c(Cl)c1. The first-order valence-electron chi connectivity index (χ1n) is 7.43. The molecule has 2 atom stereocenters. The lowest BCUT2D eigenvalue weighted by atomic mass is 9.93. The first-order valence-corrected chi connectivity index (χ1v) is 7.81. The molecule has 23 heavy (non-hydrogen) atoms. The van der Waals surface area contributed by atoms with E-state index in [2.05, 4.69) is 5.32 Å². The van der Waals surface area contributed by atoms with Crippen molar-refractivity contribution in [3.8, 4) is 6.07 Å². The Labute approximate surface area is 140 Å². The Bertz CT molecular complexity index is 656. The zero-order valence-corrected chi connectivity index (χ0v) is 13.6. The van der Waals surface area contributed by atoms with Crippen LogP contribution in [-0.2, 0) is 9.59 Å². The predicted octanol–water partition coefficient (Wildman–Crippen LogP) is 1.74. The largest absolute Gasteiger partial charge is 0.369 e. The van der Waals surface area contributed by atoms with Gasteiger partial charge in [0.1, 0.15) is 6.07 Å². The number of piperidine rings is 1. The molecule has 1 saturated heterocycles. The van der Waals surface area contributed by atoms with E-state index in [0.717, 1.165) is 12.8 Å². The number of benzene rings is 1. The lowest BCUT2D eigenvalue weighted by Gasteiger charge is -2.36. The first kappa shape index (κ1) is 17.3. The van der Waals surface area contributed by atoms with Gasteiger partial charge in [-0.25, -0.2) is 0 Å². The molecule has 2 rings (SSSR count). The molecule has 122 valence electrons. The standard InChI is InChI=1S/C16H19ClN4O2/c1-10-2-3-12(16(19)23)8-21(10)9-15(22)20-13-5-4-11(7-18)14(17)6-13/h4-6,10,12H,2-3,8-9H2,1H3,(H2,19,23)(H,20,22). The lowest BCUT2D eigenvalue weighted by molar-refractivity contribution is -0.126. The van der Waals surface area contributed by atoms with E-state index in [9.17, 15) is 9.59 Å². The van der Waals surface area contributed by atoms with Gasteiger partial charge < -0.3 is 11.1 Å². The fourth-order valence-corrected chi connectivity index (χ4v) is 2.92. The molecule has 0 saturated carbocycles. The van der Waals surface area contributed by atoms with Crippen LogP contribution in [0.15, 0.2) is 18.2 Å². The van der Waals surface area contributed by atoms with Gasteiger partial charge >= 0.3 is 0 Å². The minimum absolute atomic E-state index is 0.183. The number of likely N-dealkylation sites (tertiary alicyclic amines) is 1. The van der Waals surface area contributed by atoms with Crippen LogP contribution in [0.4, 0.5) is 5.69 Å². The van der Waals surface area contributed by atoms with E-state index in [1.165, 1.54) is 0 Å². The minimum Gasteiger partial charge on any atom is -0.369 e. The zero-order chi connectivity index (χ0) is 17.0. The highest BCUT2D eigenvalue weighted by atomic mass is 35.5. The third-order valence-corrected chi connectivity index (χ3v) is 4.45. The molecule has 3 N–H and O–H groups in total. The number of anilines is 1. The Morgan fingerprint density at radius 2 is 2.22 bits per heavy atom. The van der Waals surface area contributed by atoms with Crippen molar-refractivity contribution in [1.29, 1.82) is 5.26 Å². The van der Waals surface area contributed by atoms with Crippen LogP contribution in [-0.4, -0.2) is 35.8 Å². The summed E-state index contributed by atoms with van der Waals surface area (Å²) in [5, 5.41) is 11.9. The summed E-state index contributed by atoms with van der Waals surface area (Å²) < 4.78 is 0. The lowest BCUT2D eigenvalue weighted by Crippen LogP contribution is -2.48. The average molecular weight is 335 g/mol. The van der Waals surface area contributed by atoms with E-state index in [0.29, 0.717) is 22.8 Å². The molecular weight excluding hydrogens is 316 g/mol. The van der Waals surface area contributed by atoms with E-state index < -0.39 is 0 Å². The second kappa shape index (κ2) is 7.44. The van der Waals surface area contributed by atoms with Crippen molar-refractivity contribution in [2.24, 2.45) is 11.7 Å². The molecule has 1 aromatic rings. The third-order valence-electron chi connectivity index (χ3n) is 4.13. The van der Waals surface area contributed by atoms with Crippen LogP contribution >= 0.6 is 11.6 Å². The highest BCUT2D eigenvalue weighted by Crippen LogP contribution is 2.22. The fraction of sp³-hybridized carbons (Fsp3) is 0.438.